The van der Waals surface area contributed by atoms with Gasteiger partial charge in [-0.3, -0.25) is 0 Å². The molecule has 3 aromatic rings. The molecule has 2 heteroatoms. The molecule has 0 spiro atoms. The van der Waals surface area contributed by atoms with E-state index in [1.807, 2.05) is 42.5 Å². The highest BCUT2D eigenvalue weighted by molar-refractivity contribution is 5.96. The molecule has 17 heavy (non-hydrogen) atoms. The summed E-state index contributed by atoms with van der Waals surface area (Å²) >= 11 is 0. The molecule has 0 amide bonds. The summed E-state index contributed by atoms with van der Waals surface area (Å²) in [5.41, 5.74) is 1.21. The Labute approximate surface area is 98.1 Å². The van der Waals surface area contributed by atoms with Crippen molar-refractivity contribution in [3.05, 3.63) is 71.3 Å². The summed E-state index contributed by atoms with van der Waals surface area (Å²) < 4.78 is 4.91. The lowest BCUT2D eigenvalue weighted by atomic mass is 10.00. The van der Waals surface area contributed by atoms with Crippen LogP contribution in [0.15, 0.2) is 70.1 Å². The van der Waals surface area contributed by atoms with Crippen molar-refractivity contribution >= 4 is 10.8 Å². The van der Waals surface area contributed by atoms with Crippen LogP contribution < -0.4 is 5.63 Å². The van der Waals surface area contributed by atoms with E-state index in [1.165, 1.54) is 6.26 Å². The van der Waals surface area contributed by atoms with Crippen molar-refractivity contribution < 1.29 is 4.42 Å². The van der Waals surface area contributed by atoms with Gasteiger partial charge in [-0.2, -0.15) is 0 Å². The standard InChI is InChI=1S/C15H10O2/c16-15-14(9-4-10-17-15)13-8-3-6-11-5-1-2-7-12(11)13/h1-10H. The average Bonchev–Trinajstić information content (AvgIpc) is 2.39. The highest BCUT2D eigenvalue weighted by atomic mass is 16.4. The predicted octanol–water partition coefficient (Wildman–Crippen LogP) is 3.46. The minimum absolute atomic E-state index is 0.302. The quantitative estimate of drug-likeness (QED) is 0.631. The molecule has 0 N–H and O–H groups in total. The highest BCUT2D eigenvalue weighted by Gasteiger charge is 2.07. The smallest absolute Gasteiger partial charge is 0.343 e. The Morgan fingerprint density at radius 1 is 0.765 bits per heavy atom. The lowest BCUT2D eigenvalue weighted by Crippen LogP contribution is -2.01. The second-order valence-corrected chi connectivity index (χ2v) is 3.84. The fourth-order valence-electron chi connectivity index (χ4n) is 2.03. The van der Waals surface area contributed by atoms with Crippen molar-refractivity contribution in [3.8, 4) is 11.1 Å². The largest absolute Gasteiger partial charge is 0.431 e. The maximum absolute atomic E-state index is 11.7. The first-order chi connectivity index (χ1) is 8.36. The summed E-state index contributed by atoms with van der Waals surface area (Å²) in [7, 11) is 0. The topological polar surface area (TPSA) is 30.2 Å². The maximum Gasteiger partial charge on any atom is 0.343 e. The number of rotatable bonds is 1. The molecule has 1 aromatic heterocycles. The Kier molecular flexibility index (Phi) is 2.26. The Hall–Kier alpha value is -2.35. The Morgan fingerprint density at radius 2 is 1.53 bits per heavy atom. The van der Waals surface area contributed by atoms with Gasteiger partial charge in [-0.25, -0.2) is 4.79 Å². The third-order valence-corrected chi connectivity index (χ3v) is 2.82. The van der Waals surface area contributed by atoms with Crippen LogP contribution >= 0.6 is 0 Å². The molecule has 2 nitrogen and oxygen atoms in total. The van der Waals surface area contributed by atoms with Gasteiger partial charge < -0.3 is 4.42 Å². The van der Waals surface area contributed by atoms with Gasteiger partial charge in [-0.1, -0.05) is 42.5 Å². The van der Waals surface area contributed by atoms with Crippen LogP contribution in [0.2, 0.25) is 0 Å². The predicted molar refractivity (Wildman–Crippen MR) is 67.9 cm³/mol. The van der Waals surface area contributed by atoms with Crippen LogP contribution in [0.25, 0.3) is 21.9 Å². The molecule has 3 rings (SSSR count). The van der Waals surface area contributed by atoms with Gasteiger partial charge in [0, 0.05) is 0 Å². The van der Waals surface area contributed by atoms with Gasteiger partial charge in [0.25, 0.3) is 0 Å². The van der Waals surface area contributed by atoms with E-state index in [0.29, 0.717) is 5.56 Å². The molecule has 0 saturated heterocycles. The third-order valence-electron chi connectivity index (χ3n) is 2.82. The van der Waals surface area contributed by atoms with Crippen LogP contribution in [0.3, 0.4) is 0 Å². The first kappa shape index (κ1) is 9.85. The van der Waals surface area contributed by atoms with Gasteiger partial charge in [-0.05, 0) is 28.5 Å². The summed E-state index contributed by atoms with van der Waals surface area (Å²) in [5.74, 6) is 0. The van der Waals surface area contributed by atoms with Crippen LogP contribution in [0.5, 0.6) is 0 Å². The molecule has 1 heterocycles. The first-order valence-corrected chi connectivity index (χ1v) is 5.42. The van der Waals surface area contributed by atoms with E-state index in [-0.39, 0.29) is 5.63 Å². The van der Waals surface area contributed by atoms with Crippen molar-refractivity contribution in [2.75, 3.05) is 0 Å². The third kappa shape index (κ3) is 1.64. The zero-order valence-electron chi connectivity index (χ0n) is 9.09. The molecule has 0 fully saturated rings. The van der Waals surface area contributed by atoms with Gasteiger partial charge in [0.2, 0.25) is 0 Å². The minimum atomic E-state index is -0.302. The van der Waals surface area contributed by atoms with Gasteiger partial charge in [0.15, 0.2) is 0 Å². The molecule has 0 aliphatic rings. The lowest BCUT2D eigenvalue weighted by Gasteiger charge is -2.04. The molecule has 0 aliphatic carbocycles. The van der Waals surface area contributed by atoms with Crippen LogP contribution in [0, 0.1) is 0 Å². The Morgan fingerprint density at radius 3 is 2.41 bits per heavy atom. The number of hydrogen-bond donors (Lipinski definition) is 0. The molecule has 82 valence electrons. The van der Waals surface area contributed by atoms with Crippen molar-refractivity contribution in [1.29, 1.82) is 0 Å². The monoisotopic (exact) mass is 222 g/mol. The SMILES string of the molecule is O=c1occcc1-c1cccc2ccccc12. The molecule has 0 bridgehead atoms. The fraction of sp³-hybridized carbons (Fsp3) is 0. The van der Waals surface area contributed by atoms with Crippen molar-refractivity contribution in [2.45, 2.75) is 0 Å². The maximum atomic E-state index is 11.7. The lowest BCUT2D eigenvalue weighted by molar-refractivity contribution is 0.513. The van der Waals surface area contributed by atoms with Gasteiger partial charge in [0.1, 0.15) is 0 Å². The van der Waals surface area contributed by atoms with Crippen molar-refractivity contribution in [1.82, 2.24) is 0 Å². The van der Waals surface area contributed by atoms with Crippen LogP contribution in [0.1, 0.15) is 0 Å². The van der Waals surface area contributed by atoms with Crippen LogP contribution in [-0.4, -0.2) is 0 Å². The fourth-order valence-corrected chi connectivity index (χ4v) is 2.03. The molecule has 0 radical (unpaired) electrons. The second-order valence-electron chi connectivity index (χ2n) is 3.84. The summed E-state index contributed by atoms with van der Waals surface area (Å²) in [4.78, 5) is 11.7. The number of fused-ring (bicyclic) bond motifs is 1. The van der Waals surface area contributed by atoms with Gasteiger partial charge in [-0.15, -0.1) is 0 Å². The molecule has 0 saturated carbocycles. The summed E-state index contributed by atoms with van der Waals surface area (Å²) in [6.45, 7) is 0. The van der Waals surface area contributed by atoms with E-state index in [9.17, 15) is 4.79 Å². The molecule has 0 atom stereocenters. The molecule has 2 aromatic carbocycles. The first-order valence-electron chi connectivity index (χ1n) is 5.42. The second kappa shape index (κ2) is 3.91. The number of benzene rings is 2. The van der Waals surface area contributed by atoms with E-state index >= 15 is 0 Å². The van der Waals surface area contributed by atoms with Gasteiger partial charge >= 0.3 is 5.63 Å². The summed E-state index contributed by atoms with van der Waals surface area (Å²) in [6.07, 6.45) is 1.40. The zero-order valence-corrected chi connectivity index (χ0v) is 9.09. The number of hydrogen-bond acceptors (Lipinski definition) is 2. The van der Waals surface area contributed by atoms with Crippen molar-refractivity contribution in [2.24, 2.45) is 0 Å². The van der Waals surface area contributed by atoms with Crippen molar-refractivity contribution in [3.63, 3.8) is 0 Å². The van der Waals surface area contributed by atoms with Gasteiger partial charge in [0.05, 0.1) is 11.8 Å². The molecular weight excluding hydrogens is 212 g/mol. The van der Waals surface area contributed by atoms with Crippen LogP contribution in [-0.2, 0) is 0 Å². The highest BCUT2D eigenvalue weighted by Crippen LogP contribution is 2.26. The molecule has 0 aliphatic heterocycles. The molecule has 0 unspecified atom stereocenters. The minimum Gasteiger partial charge on any atom is -0.431 e. The van der Waals surface area contributed by atoms with E-state index < -0.39 is 0 Å². The Bertz CT molecular complexity index is 721. The van der Waals surface area contributed by atoms with E-state index in [0.717, 1.165) is 16.3 Å². The summed E-state index contributed by atoms with van der Waals surface area (Å²) in [6, 6.07) is 17.4. The molecular formula is C15H10O2. The van der Waals surface area contributed by atoms with Crippen LogP contribution in [0.4, 0.5) is 0 Å². The average molecular weight is 222 g/mol. The van der Waals surface area contributed by atoms with E-state index in [2.05, 4.69) is 0 Å². The Balaban J connectivity index is 2.39. The van der Waals surface area contributed by atoms with E-state index in [1.54, 1.807) is 12.1 Å². The normalized spacial score (nSPS) is 10.6. The summed E-state index contributed by atoms with van der Waals surface area (Å²) in [5, 5.41) is 2.18. The zero-order chi connectivity index (χ0) is 11.7. The van der Waals surface area contributed by atoms with E-state index in [4.69, 9.17) is 4.42 Å².